The van der Waals surface area contributed by atoms with Gasteiger partial charge in [-0.3, -0.25) is 4.79 Å². The number of rotatable bonds is 4. The zero-order valence-electron chi connectivity index (χ0n) is 8.10. The smallest absolute Gasteiger partial charge is 0.422 e. The summed E-state index contributed by atoms with van der Waals surface area (Å²) in [6, 6.07) is 0. The van der Waals surface area contributed by atoms with E-state index in [1.54, 1.807) is 0 Å². The number of carboxylic acids is 1. The number of likely N-dealkylation sites (N-methyl/N-ethyl adjacent to an activating group) is 1. The summed E-state index contributed by atoms with van der Waals surface area (Å²) >= 11 is 0. The lowest BCUT2D eigenvalue weighted by Crippen LogP contribution is -2.62. The van der Waals surface area contributed by atoms with Gasteiger partial charge in [-0.25, -0.2) is 4.79 Å². The molecule has 0 saturated carbocycles. The molecule has 0 aliphatic rings. The van der Waals surface area contributed by atoms with Gasteiger partial charge in [-0.1, -0.05) is 0 Å². The van der Waals surface area contributed by atoms with Crippen LogP contribution in [0.25, 0.3) is 0 Å². The van der Waals surface area contributed by atoms with E-state index in [2.05, 4.69) is 5.32 Å². The summed E-state index contributed by atoms with van der Waals surface area (Å²) in [7, 11) is 1.35. The molecule has 0 aromatic rings. The van der Waals surface area contributed by atoms with E-state index >= 15 is 0 Å². The van der Waals surface area contributed by atoms with Gasteiger partial charge in [-0.05, 0) is 14.0 Å². The molecule has 0 radical (unpaired) electrons. The molecule has 0 aromatic carbocycles. The number of alkyl halides is 3. The summed E-state index contributed by atoms with van der Waals surface area (Å²) in [5, 5.41) is 12.1. The van der Waals surface area contributed by atoms with E-state index in [0.29, 0.717) is 6.92 Å². The second kappa shape index (κ2) is 4.47. The van der Waals surface area contributed by atoms with E-state index < -0.39 is 23.6 Å². The average molecular weight is 228 g/mol. The Morgan fingerprint density at radius 2 is 1.80 bits per heavy atom. The van der Waals surface area contributed by atoms with Gasteiger partial charge in [0.15, 0.2) is 0 Å². The van der Waals surface area contributed by atoms with Crippen LogP contribution in [0, 0.1) is 0 Å². The third-order valence-electron chi connectivity index (χ3n) is 1.72. The highest BCUT2D eigenvalue weighted by Crippen LogP contribution is 2.30. The Bertz CT molecular complexity index is 267. The van der Waals surface area contributed by atoms with Crippen molar-refractivity contribution in [2.75, 3.05) is 13.6 Å². The molecule has 0 aliphatic heterocycles. The summed E-state index contributed by atoms with van der Waals surface area (Å²) in [5.41, 5.74) is -3.26. The van der Waals surface area contributed by atoms with Gasteiger partial charge >= 0.3 is 12.1 Å². The molecule has 0 saturated heterocycles. The highest BCUT2D eigenvalue weighted by molar-refractivity contribution is 5.88. The predicted octanol–water partition coefficient (Wildman–Crippen LogP) is -0.272. The highest BCUT2D eigenvalue weighted by Gasteiger charge is 2.58. The second-order valence-corrected chi connectivity index (χ2v) is 3.01. The lowest BCUT2D eigenvalue weighted by Gasteiger charge is -2.28. The third-order valence-corrected chi connectivity index (χ3v) is 1.72. The van der Waals surface area contributed by atoms with Crippen molar-refractivity contribution in [3.8, 4) is 0 Å². The summed E-state index contributed by atoms with van der Waals surface area (Å²) in [4.78, 5) is 21.3. The van der Waals surface area contributed by atoms with Crippen molar-refractivity contribution in [2.24, 2.45) is 0 Å². The minimum Gasteiger partial charge on any atom is -0.479 e. The van der Waals surface area contributed by atoms with Gasteiger partial charge < -0.3 is 15.7 Å². The van der Waals surface area contributed by atoms with Crippen molar-refractivity contribution in [3.63, 3.8) is 0 Å². The zero-order valence-corrected chi connectivity index (χ0v) is 8.10. The van der Waals surface area contributed by atoms with Crippen molar-refractivity contribution >= 4 is 11.9 Å². The lowest BCUT2D eigenvalue weighted by atomic mass is 10.0. The van der Waals surface area contributed by atoms with E-state index in [1.165, 1.54) is 12.4 Å². The van der Waals surface area contributed by atoms with E-state index in [1.807, 2.05) is 0 Å². The number of carboxylic acid groups (broad SMARTS) is 1. The number of halogens is 3. The number of nitrogens with one attached hydrogen (secondary N) is 2. The number of carbonyl (C=O) groups excluding carboxylic acids is 1. The van der Waals surface area contributed by atoms with Crippen molar-refractivity contribution in [2.45, 2.75) is 18.6 Å². The van der Waals surface area contributed by atoms with Gasteiger partial charge in [0.25, 0.3) is 0 Å². The largest absolute Gasteiger partial charge is 0.479 e. The van der Waals surface area contributed by atoms with Gasteiger partial charge in [-0.15, -0.1) is 0 Å². The van der Waals surface area contributed by atoms with Crippen LogP contribution in [-0.2, 0) is 9.59 Å². The molecule has 8 heteroatoms. The topological polar surface area (TPSA) is 78.4 Å². The fourth-order valence-electron chi connectivity index (χ4n) is 0.729. The quantitative estimate of drug-likeness (QED) is 0.618. The van der Waals surface area contributed by atoms with Crippen LogP contribution < -0.4 is 10.6 Å². The van der Waals surface area contributed by atoms with Gasteiger partial charge in [0.2, 0.25) is 11.4 Å². The molecule has 1 amide bonds. The fourth-order valence-corrected chi connectivity index (χ4v) is 0.729. The zero-order chi connectivity index (χ0) is 12.3. The first kappa shape index (κ1) is 13.7. The molecular weight excluding hydrogens is 217 g/mol. The molecule has 0 bridgehead atoms. The molecule has 1 atom stereocenters. The van der Waals surface area contributed by atoms with E-state index in [-0.39, 0.29) is 6.54 Å². The number of hydrogen-bond donors (Lipinski definition) is 3. The highest BCUT2D eigenvalue weighted by atomic mass is 19.4. The predicted molar refractivity (Wildman–Crippen MR) is 44.2 cm³/mol. The van der Waals surface area contributed by atoms with Crippen molar-refractivity contribution in [1.29, 1.82) is 0 Å². The van der Waals surface area contributed by atoms with Crippen LogP contribution in [0.1, 0.15) is 6.92 Å². The van der Waals surface area contributed by atoms with Crippen LogP contribution in [0.3, 0.4) is 0 Å². The number of amides is 1. The maximum Gasteiger partial charge on any atom is 0.422 e. The number of carbonyl (C=O) groups is 2. The fraction of sp³-hybridized carbons (Fsp3) is 0.714. The first-order valence-electron chi connectivity index (χ1n) is 3.91. The first-order chi connectivity index (χ1) is 6.65. The van der Waals surface area contributed by atoms with Crippen molar-refractivity contribution in [1.82, 2.24) is 10.6 Å². The van der Waals surface area contributed by atoms with Crippen molar-refractivity contribution in [3.05, 3.63) is 0 Å². The minimum atomic E-state index is -5.05. The maximum absolute atomic E-state index is 12.3. The molecule has 0 spiro atoms. The summed E-state index contributed by atoms with van der Waals surface area (Å²) in [6.45, 7) is 0.00183. The van der Waals surface area contributed by atoms with Gasteiger partial charge in [0.1, 0.15) is 0 Å². The van der Waals surface area contributed by atoms with Crippen LogP contribution in [0.5, 0.6) is 0 Å². The van der Waals surface area contributed by atoms with Crippen molar-refractivity contribution < 1.29 is 27.9 Å². The Balaban J connectivity index is 4.84. The molecule has 15 heavy (non-hydrogen) atoms. The third kappa shape index (κ3) is 3.08. The molecule has 3 N–H and O–H groups in total. The Kier molecular flexibility index (Phi) is 4.08. The molecule has 0 heterocycles. The Hall–Kier alpha value is -1.31. The monoisotopic (exact) mass is 228 g/mol. The van der Waals surface area contributed by atoms with E-state index in [0.717, 1.165) is 0 Å². The molecule has 0 aliphatic carbocycles. The SMILES string of the molecule is CNCC(=O)NC(C)(C(=O)O)C(F)(F)F. The molecular formula is C7H11F3N2O3. The maximum atomic E-state index is 12.3. The van der Waals surface area contributed by atoms with Gasteiger partial charge in [0, 0.05) is 0 Å². The second-order valence-electron chi connectivity index (χ2n) is 3.01. The Morgan fingerprint density at radius 1 is 1.33 bits per heavy atom. The van der Waals surface area contributed by atoms with Crippen LogP contribution in [0.2, 0.25) is 0 Å². The van der Waals surface area contributed by atoms with Crippen LogP contribution >= 0.6 is 0 Å². The van der Waals surface area contributed by atoms with Gasteiger partial charge in [-0.2, -0.15) is 13.2 Å². The standard InChI is InChI=1S/C7H11F3N2O3/c1-6(5(14)15,7(8,9)10)12-4(13)3-11-2/h11H,3H2,1-2H3,(H,12,13)(H,14,15). The summed E-state index contributed by atoms with van der Waals surface area (Å²) < 4.78 is 37.0. The molecule has 88 valence electrons. The number of aliphatic carboxylic acids is 1. The van der Waals surface area contributed by atoms with Crippen LogP contribution in [0.4, 0.5) is 13.2 Å². The van der Waals surface area contributed by atoms with Crippen LogP contribution in [-0.4, -0.2) is 42.3 Å². The van der Waals surface area contributed by atoms with E-state index in [4.69, 9.17) is 5.11 Å². The van der Waals surface area contributed by atoms with E-state index in [9.17, 15) is 22.8 Å². The lowest BCUT2D eigenvalue weighted by molar-refractivity contribution is -0.206. The Morgan fingerprint density at radius 3 is 2.07 bits per heavy atom. The van der Waals surface area contributed by atoms with Gasteiger partial charge in [0.05, 0.1) is 6.54 Å². The normalized spacial score (nSPS) is 15.5. The molecule has 5 nitrogen and oxygen atoms in total. The van der Waals surface area contributed by atoms with Crippen LogP contribution in [0.15, 0.2) is 0 Å². The number of hydrogen-bond acceptors (Lipinski definition) is 3. The molecule has 0 aromatic heterocycles. The molecule has 1 unspecified atom stereocenters. The minimum absolute atomic E-state index is 0.390. The average Bonchev–Trinajstić information content (AvgIpc) is 2.01. The Labute approximate surface area is 83.6 Å². The first-order valence-corrected chi connectivity index (χ1v) is 3.91. The molecule has 0 fully saturated rings. The molecule has 0 rings (SSSR count). The summed E-state index contributed by atoms with van der Waals surface area (Å²) in [5.74, 6) is -3.20. The summed E-state index contributed by atoms with van der Waals surface area (Å²) in [6.07, 6.45) is -5.05.